The Morgan fingerprint density at radius 2 is 0.814 bits per heavy atom. The summed E-state index contributed by atoms with van der Waals surface area (Å²) in [5.74, 6) is -6.87. The van der Waals surface area contributed by atoms with Gasteiger partial charge in [-0.2, -0.15) is 0 Å². The van der Waals surface area contributed by atoms with Gasteiger partial charge in [0, 0.05) is 43.6 Å². The molecule has 4 aromatic rings. The van der Waals surface area contributed by atoms with Crippen LogP contribution in [0.5, 0.6) is 0 Å². The Hall–Kier alpha value is -4.99. The van der Waals surface area contributed by atoms with Gasteiger partial charge in [0.15, 0.2) is 11.6 Å². The molecule has 225 valence electrons. The molecular weight excluding hydrogens is 733 g/mol. The topological polar surface area (TPSA) is 174 Å². The zero-order valence-corrected chi connectivity index (χ0v) is 25.7. The molecule has 0 aliphatic carbocycles. The molecule has 2 aromatic heterocycles. The van der Waals surface area contributed by atoms with Gasteiger partial charge in [-0.25, -0.2) is 0 Å². The van der Waals surface area contributed by atoms with E-state index in [-0.39, 0.29) is 20.1 Å². The van der Waals surface area contributed by atoms with Gasteiger partial charge in [0.2, 0.25) is 0 Å². The molecule has 0 spiro atoms. The molecule has 2 heterocycles. The molecule has 0 aliphatic heterocycles. The summed E-state index contributed by atoms with van der Waals surface area (Å²) < 4.78 is 0. The Balaban J connectivity index is 0.000000550. The molecular formula is C32H28IrN2O8-2. The monoisotopic (exact) mass is 761 g/mol. The number of aliphatic carboxylic acids is 2. The molecule has 0 atom stereocenters. The third-order valence-corrected chi connectivity index (χ3v) is 4.74. The van der Waals surface area contributed by atoms with Crippen LogP contribution >= 0.6 is 0 Å². The number of ketones is 4. The standard InChI is InChI=1S/2C11H9N.2C5H6O4.Ir/c2*1-2-6-10(7-3-1)11-8-4-5-9-12-11;2*1-3(6)2-4(7)5(8)9;/h2*1-9H;2*2H2,1H3,(H,8,9);/p-2. The van der Waals surface area contributed by atoms with Crippen molar-refractivity contribution in [3.05, 3.63) is 109 Å². The van der Waals surface area contributed by atoms with Crippen molar-refractivity contribution in [2.24, 2.45) is 0 Å². The van der Waals surface area contributed by atoms with Crippen LogP contribution in [-0.4, -0.2) is 45.0 Å². The molecule has 0 N–H and O–H groups in total. The molecule has 2 aromatic carbocycles. The summed E-state index contributed by atoms with van der Waals surface area (Å²) in [4.78, 5) is 68.0. The Labute approximate surface area is 262 Å². The minimum absolute atomic E-state index is 0. The number of hydrogen-bond acceptors (Lipinski definition) is 10. The Bertz CT molecular complexity index is 1260. The maximum atomic E-state index is 10.1. The van der Waals surface area contributed by atoms with Crippen LogP contribution in [0.15, 0.2) is 109 Å². The van der Waals surface area contributed by atoms with E-state index in [0.717, 1.165) is 36.4 Å². The van der Waals surface area contributed by atoms with Gasteiger partial charge in [-0.15, -0.1) is 0 Å². The summed E-state index contributed by atoms with van der Waals surface area (Å²) in [5.41, 5.74) is 4.38. The molecule has 10 nitrogen and oxygen atoms in total. The fourth-order valence-corrected chi connectivity index (χ4v) is 2.88. The van der Waals surface area contributed by atoms with Gasteiger partial charge in [0.05, 0.1) is 24.2 Å². The summed E-state index contributed by atoms with van der Waals surface area (Å²) >= 11 is 0. The molecule has 11 heteroatoms. The minimum Gasteiger partial charge on any atom is -0.542 e. The van der Waals surface area contributed by atoms with Gasteiger partial charge in [-0.05, 0) is 38.1 Å². The van der Waals surface area contributed by atoms with E-state index in [1.165, 1.54) is 0 Å². The average molecular weight is 761 g/mol. The SMILES string of the molecule is CC(=O)CC(=O)C(=O)[O-].CC(=O)CC(=O)C(=O)[O-].[Ir].c1ccc(-c2ccccn2)cc1.c1ccc(-c2ccccn2)cc1. The van der Waals surface area contributed by atoms with Crippen molar-refractivity contribution in [3.8, 4) is 22.5 Å². The first-order valence-corrected chi connectivity index (χ1v) is 12.4. The van der Waals surface area contributed by atoms with Gasteiger partial charge in [0.1, 0.15) is 23.5 Å². The third kappa shape index (κ3) is 17.4. The number of carboxylic acid groups (broad SMARTS) is 2. The van der Waals surface area contributed by atoms with E-state index in [9.17, 15) is 39.0 Å². The van der Waals surface area contributed by atoms with E-state index in [4.69, 9.17) is 0 Å². The molecule has 0 amide bonds. The van der Waals surface area contributed by atoms with Crippen LogP contribution in [0.3, 0.4) is 0 Å². The number of aromatic nitrogens is 2. The Morgan fingerprint density at radius 1 is 0.512 bits per heavy atom. The van der Waals surface area contributed by atoms with Gasteiger partial charge < -0.3 is 19.8 Å². The van der Waals surface area contributed by atoms with Crippen molar-refractivity contribution in [2.75, 3.05) is 0 Å². The van der Waals surface area contributed by atoms with E-state index in [1.54, 1.807) is 0 Å². The number of carbonyl (C=O) groups excluding carboxylic acids is 6. The second-order valence-corrected chi connectivity index (χ2v) is 8.34. The van der Waals surface area contributed by atoms with Crippen LogP contribution in [0.25, 0.3) is 22.5 Å². The van der Waals surface area contributed by atoms with Crippen molar-refractivity contribution in [1.82, 2.24) is 9.97 Å². The minimum atomic E-state index is -1.80. The predicted molar refractivity (Wildman–Crippen MR) is 150 cm³/mol. The largest absolute Gasteiger partial charge is 0.542 e. The first kappa shape index (κ1) is 38.0. The number of benzene rings is 2. The van der Waals surface area contributed by atoms with E-state index < -0.39 is 47.9 Å². The normalized spacial score (nSPS) is 8.98. The predicted octanol–water partition coefficient (Wildman–Crippen LogP) is 2.06. The number of nitrogens with zero attached hydrogens (tertiary/aromatic N) is 2. The van der Waals surface area contributed by atoms with Crippen molar-refractivity contribution >= 4 is 35.1 Å². The molecule has 0 saturated carbocycles. The number of rotatable bonds is 8. The summed E-state index contributed by atoms with van der Waals surface area (Å²) in [6.07, 6.45) is 2.48. The maximum absolute atomic E-state index is 10.1. The van der Waals surface area contributed by atoms with Gasteiger partial charge >= 0.3 is 0 Å². The summed E-state index contributed by atoms with van der Waals surface area (Å²) in [6, 6.07) is 32.2. The van der Waals surface area contributed by atoms with Crippen molar-refractivity contribution in [1.29, 1.82) is 0 Å². The number of carbonyl (C=O) groups is 6. The number of carboxylic acids is 2. The van der Waals surface area contributed by atoms with Crippen molar-refractivity contribution < 1.29 is 59.1 Å². The van der Waals surface area contributed by atoms with Gasteiger partial charge in [0.25, 0.3) is 0 Å². The Kier molecular flexibility index (Phi) is 19.2. The smallest absolute Gasteiger partial charge is 0.185 e. The molecule has 1 radical (unpaired) electrons. The van der Waals surface area contributed by atoms with E-state index >= 15 is 0 Å². The van der Waals surface area contributed by atoms with Crippen LogP contribution in [0.2, 0.25) is 0 Å². The van der Waals surface area contributed by atoms with E-state index in [2.05, 4.69) is 34.2 Å². The Morgan fingerprint density at radius 3 is 1.02 bits per heavy atom. The van der Waals surface area contributed by atoms with Crippen LogP contribution in [-0.2, 0) is 48.9 Å². The molecule has 0 unspecified atom stereocenters. The second kappa shape index (κ2) is 21.7. The molecule has 0 fully saturated rings. The fraction of sp³-hybridized carbons (Fsp3) is 0.125. The maximum Gasteiger partial charge on any atom is 0.185 e. The quantitative estimate of drug-likeness (QED) is 0.191. The number of pyridine rings is 2. The van der Waals surface area contributed by atoms with Crippen LogP contribution in [0.4, 0.5) is 0 Å². The van der Waals surface area contributed by atoms with Crippen molar-refractivity contribution in [2.45, 2.75) is 26.7 Å². The molecule has 0 bridgehead atoms. The number of hydrogen-bond donors (Lipinski definition) is 0. The summed E-state index contributed by atoms with van der Waals surface area (Å²) in [6.45, 7) is 2.28. The molecule has 43 heavy (non-hydrogen) atoms. The van der Waals surface area contributed by atoms with E-state index in [1.807, 2.05) is 85.2 Å². The van der Waals surface area contributed by atoms with E-state index in [0.29, 0.717) is 0 Å². The summed E-state index contributed by atoms with van der Waals surface area (Å²) in [7, 11) is 0. The molecule has 0 aliphatic rings. The zero-order valence-electron chi connectivity index (χ0n) is 23.3. The average Bonchev–Trinajstić information content (AvgIpc) is 2.99. The van der Waals surface area contributed by atoms with Crippen LogP contribution in [0.1, 0.15) is 26.7 Å². The summed E-state index contributed by atoms with van der Waals surface area (Å²) in [5, 5.41) is 19.2. The molecule has 0 saturated heterocycles. The van der Waals surface area contributed by atoms with Crippen LogP contribution in [0, 0.1) is 0 Å². The van der Waals surface area contributed by atoms with Crippen molar-refractivity contribution in [3.63, 3.8) is 0 Å². The fourth-order valence-electron chi connectivity index (χ4n) is 2.88. The third-order valence-electron chi connectivity index (χ3n) is 4.74. The first-order valence-electron chi connectivity index (χ1n) is 12.4. The van der Waals surface area contributed by atoms with Gasteiger partial charge in [-0.1, -0.05) is 72.8 Å². The second-order valence-electron chi connectivity index (χ2n) is 8.34. The van der Waals surface area contributed by atoms with Gasteiger partial charge in [-0.3, -0.25) is 29.1 Å². The molecule has 4 rings (SSSR count). The number of Topliss-reactive ketones (excluding diaryl/α,β-unsaturated/α-hetero) is 4. The first-order chi connectivity index (χ1) is 20.0. The zero-order chi connectivity index (χ0) is 31.3. The van der Waals surface area contributed by atoms with Crippen LogP contribution < -0.4 is 10.2 Å².